The van der Waals surface area contributed by atoms with E-state index in [2.05, 4.69) is 12.6 Å². The molecule has 0 aliphatic rings. The van der Waals surface area contributed by atoms with Gasteiger partial charge in [0, 0.05) is 4.88 Å². The van der Waals surface area contributed by atoms with E-state index in [1.165, 1.54) is 11.3 Å². The number of thiophene rings is 1. The van der Waals surface area contributed by atoms with Crippen molar-refractivity contribution in [1.29, 1.82) is 0 Å². The van der Waals surface area contributed by atoms with Crippen LogP contribution in [0.4, 0.5) is 0 Å². The molecule has 0 aliphatic heterocycles. The van der Waals surface area contributed by atoms with Gasteiger partial charge >= 0.3 is 0 Å². The van der Waals surface area contributed by atoms with Crippen LogP contribution in [0.5, 0.6) is 0 Å². The first-order chi connectivity index (χ1) is 6.15. The summed E-state index contributed by atoms with van der Waals surface area (Å²) in [5.74, 6) is 0.553. The Kier molecular flexibility index (Phi) is 4.55. The third-order valence-electron chi connectivity index (χ3n) is 1.67. The van der Waals surface area contributed by atoms with Crippen molar-refractivity contribution in [2.45, 2.75) is 18.6 Å². The summed E-state index contributed by atoms with van der Waals surface area (Å²) in [4.78, 5) is 0.694. The first kappa shape index (κ1) is 11.3. The lowest BCUT2D eigenvalue weighted by Gasteiger charge is -2.14. The number of halogens is 1. The average molecular weight is 239 g/mol. The molecule has 2 atom stereocenters. The third-order valence-corrected chi connectivity index (χ3v) is 3.23. The monoisotopic (exact) mass is 238 g/mol. The summed E-state index contributed by atoms with van der Waals surface area (Å²) in [6.07, 6.45) is -1.13. The van der Waals surface area contributed by atoms with E-state index in [-0.39, 0.29) is 0 Å². The highest BCUT2D eigenvalue weighted by atomic mass is 35.5. The van der Waals surface area contributed by atoms with Gasteiger partial charge in [-0.05, 0) is 24.3 Å². The van der Waals surface area contributed by atoms with Gasteiger partial charge in [-0.1, -0.05) is 11.6 Å². The predicted molar refractivity (Wildman–Crippen MR) is 58.8 cm³/mol. The van der Waals surface area contributed by atoms with Gasteiger partial charge in [0.15, 0.2) is 0 Å². The van der Waals surface area contributed by atoms with Crippen LogP contribution in [0.3, 0.4) is 0 Å². The summed E-state index contributed by atoms with van der Waals surface area (Å²) in [5.41, 5.74) is 0. The Bertz CT molecular complexity index is 264. The van der Waals surface area contributed by atoms with E-state index in [0.29, 0.717) is 21.4 Å². The van der Waals surface area contributed by atoms with Crippen LogP contribution in [0.25, 0.3) is 0 Å². The maximum absolute atomic E-state index is 9.60. The van der Waals surface area contributed by atoms with Gasteiger partial charge in [0.1, 0.15) is 6.10 Å². The summed E-state index contributed by atoms with van der Waals surface area (Å²) in [5, 5.41) is 19.0. The Labute approximate surface area is 91.6 Å². The summed E-state index contributed by atoms with van der Waals surface area (Å²) < 4.78 is 0.618. The lowest BCUT2D eigenvalue weighted by atomic mass is 10.1. The number of aliphatic hydroxyl groups is 2. The Morgan fingerprint density at radius 2 is 2.15 bits per heavy atom. The summed E-state index contributed by atoms with van der Waals surface area (Å²) >= 11 is 11.0. The van der Waals surface area contributed by atoms with Gasteiger partial charge in [0.2, 0.25) is 0 Å². The Morgan fingerprint density at radius 1 is 1.46 bits per heavy atom. The number of aliphatic hydroxyl groups excluding tert-OH is 2. The standard InChI is InChI=1S/C8H11ClO2S2/c9-7-2-1-6(13-7)8(11)5(10)3-4-12/h1-2,5,8,10-12H,3-4H2. The van der Waals surface area contributed by atoms with Crippen molar-refractivity contribution in [2.24, 2.45) is 0 Å². The minimum atomic E-state index is -0.843. The molecule has 2 nitrogen and oxygen atoms in total. The maximum atomic E-state index is 9.60. The molecule has 0 aromatic carbocycles. The molecule has 2 N–H and O–H groups in total. The second-order valence-corrected chi connectivity index (χ2v) is 4.86. The molecular formula is C8H11ClO2S2. The third kappa shape index (κ3) is 3.14. The summed E-state index contributed by atoms with van der Waals surface area (Å²) in [6.45, 7) is 0. The zero-order valence-corrected chi connectivity index (χ0v) is 9.32. The molecule has 1 rings (SSSR count). The van der Waals surface area contributed by atoms with Gasteiger partial charge in [0.05, 0.1) is 10.4 Å². The molecule has 74 valence electrons. The molecule has 2 unspecified atom stereocenters. The molecule has 0 bridgehead atoms. The average Bonchev–Trinajstić information content (AvgIpc) is 2.51. The van der Waals surface area contributed by atoms with Crippen LogP contribution in [-0.2, 0) is 0 Å². The largest absolute Gasteiger partial charge is 0.390 e. The fourth-order valence-corrected chi connectivity index (χ4v) is 2.34. The zero-order valence-electron chi connectivity index (χ0n) is 6.85. The van der Waals surface area contributed by atoms with E-state index in [1.807, 2.05) is 0 Å². The van der Waals surface area contributed by atoms with Crippen molar-refractivity contribution >= 4 is 35.6 Å². The minimum absolute atomic E-state index is 0.472. The summed E-state index contributed by atoms with van der Waals surface area (Å²) in [6, 6.07) is 3.43. The lowest BCUT2D eigenvalue weighted by Crippen LogP contribution is -2.17. The Balaban J connectivity index is 2.61. The van der Waals surface area contributed by atoms with Gasteiger partial charge < -0.3 is 10.2 Å². The van der Waals surface area contributed by atoms with Crippen LogP contribution in [0.15, 0.2) is 12.1 Å². The predicted octanol–water partition coefficient (Wildman–Crippen LogP) is 2.12. The van der Waals surface area contributed by atoms with Crippen molar-refractivity contribution in [1.82, 2.24) is 0 Å². The highest BCUT2D eigenvalue weighted by Gasteiger charge is 2.18. The van der Waals surface area contributed by atoms with E-state index in [0.717, 1.165) is 0 Å². The van der Waals surface area contributed by atoms with Gasteiger partial charge in [-0.25, -0.2) is 0 Å². The number of rotatable bonds is 4. The van der Waals surface area contributed by atoms with Crippen LogP contribution in [0.2, 0.25) is 4.34 Å². The first-order valence-electron chi connectivity index (χ1n) is 3.87. The summed E-state index contributed by atoms with van der Waals surface area (Å²) in [7, 11) is 0. The minimum Gasteiger partial charge on any atom is -0.390 e. The highest BCUT2D eigenvalue weighted by Crippen LogP contribution is 2.29. The van der Waals surface area contributed by atoms with E-state index < -0.39 is 12.2 Å². The molecule has 5 heteroatoms. The molecule has 0 radical (unpaired) electrons. The number of hydrogen-bond donors (Lipinski definition) is 3. The van der Waals surface area contributed by atoms with E-state index in [1.54, 1.807) is 12.1 Å². The van der Waals surface area contributed by atoms with Crippen molar-refractivity contribution in [3.63, 3.8) is 0 Å². The van der Waals surface area contributed by atoms with Gasteiger partial charge in [-0.15, -0.1) is 11.3 Å². The molecule has 13 heavy (non-hydrogen) atoms. The molecular weight excluding hydrogens is 228 g/mol. The smallest absolute Gasteiger partial charge is 0.114 e. The second-order valence-electron chi connectivity index (χ2n) is 2.67. The maximum Gasteiger partial charge on any atom is 0.114 e. The van der Waals surface area contributed by atoms with Gasteiger partial charge in [0.25, 0.3) is 0 Å². The molecule has 0 spiro atoms. The zero-order chi connectivity index (χ0) is 9.84. The van der Waals surface area contributed by atoms with E-state index >= 15 is 0 Å². The molecule has 1 heterocycles. The normalized spacial score (nSPS) is 15.7. The van der Waals surface area contributed by atoms with Gasteiger partial charge in [-0.2, -0.15) is 12.6 Å². The van der Waals surface area contributed by atoms with Crippen molar-refractivity contribution < 1.29 is 10.2 Å². The fraction of sp³-hybridized carbons (Fsp3) is 0.500. The molecule has 0 saturated carbocycles. The first-order valence-corrected chi connectivity index (χ1v) is 5.70. The van der Waals surface area contributed by atoms with Crippen LogP contribution >= 0.6 is 35.6 Å². The van der Waals surface area contributed by atoms with Crippen molar-refractivity contribution in [3.05, 3.63) is 21.3 Å². The number of hydrogen-bond acceptors (Lipinski definition) is 4. The van der Waals surface area contributed by atoms with Crippen LogP contribution in [-0.4, -0.2) is 22.1 Å². The number of thiol groups is 1. The molecule has 0 aliphatic carbocycles. The topological polar surface area (TPSA) is 40.5 Å². The second kappa shape index (κ2) is 5.22. The van der Waals surface area contributed by atoms with E-state index in [9.17, 15) is 10.2 Å². The van der Waals surface area contributed by atoms with Crippen molar-refractivity contribution in [3.8, 4) is 0 Å². The van der Waals surface area contributed by atoms with Crippen LogP contribution in [0, 0.1) is 0 Å². The molecule has 1 aromatic rings. The molecule has 0 fully saturated rings. The van der Waals surface area contributed by atoms with Crippen LogP contribution < -0.4 is 0 Å². The Hall–Kier alpha value is 0.260. The van der Waals surface area contributed by atoms with E-state index in [4.69, 9.17) is 11.6 Å². The molecule has 0 amide bonds. The molecule has 1 aromatic heterocycles. The van der Waals surface area contributed by atoms with Crippen molar-refractivity contribution in [2.75, 3.05) is 5.75 Å². The Morgan fingerprint density at radius 3 is 2.62 bits per heavy atom. The fourth-order valence-electron chi connectivity index (χ4n) is 0.967. The molecule has 0 saturated heterocycles. The van der Waals surface area contributed by atoms with Gasteiger partial charge in [-0.3, -0.25) is 0 Å². The van der Waals surface area contributed by atoms with Crippen LogP contribution in [0.1, 0.15) is 17.4 Å². The SMILES string of the molecule is OC(CCS)C(O)c1ccc(Cl)s1. The highest BCUT2D eigenvalue weighted by molar-refractivity contribution is 7.80. The quantitative estimate of drug-likeness (QED) is 0.704. The lowest BCUT2D eigenvalue weighted by molar-refractivity contribution is 0.0194.